The first kappa shape index (κ1) is 9.98. The van der Waals surface area contributed by atoms with Crippen LogP contribution in [-0.2, 0) is 9.59 Å². The van der Waals surface area contributed by atoms with Gasteiger partial charge in [-0.25, -0.2) is 0 Å². The predicted molar refractivity (Wildman–Crippen MR) is 47.8 cm³/mol. The third-order valence-electron chi connectivity index (χ3n) is 2.05. The average molecular weight is 185 g/mol. The first-order valence-corrected chi connectivity index (χ1v) is 4.43. The Bertz CT molecular complexity index is 217. The molecule has 1 fully saturated rings. The molecule has 0 bridgehead atoms. The Balaban J connectivity index is 2.35. The van der Waals surface area contributed by atoms with Crippen molar-refractivity contribution in [2.24, 2.45) is 5.73 Å². The molecule has 0 aliphatic carbocycles. The van der Waals surface area contributed by atoms with E-state index >= 15 is 0 Å². The minimum absolute atomic E-state index is 0.0370. The minimum Gasteiger partial charge on any atom is -0.351 e. The zero-order valence-corrected chi connectivity index (χ0v) is 7.67. The van der Waals surface area contributed by atoms with Crippen molar-refractivity contribution >= 4 is 11.8 Å². The van der Waals surface area contributed by atoms with E-state index in [1.807, 2.05) is 6.92 Å². The van der Waals surface area contributed by atoms with Gasteiger partial charge in [0, 0.05) is 19.0 Å². The van der Waals surface area contributed by atoms with Crippen molar-refractivity contribution < 1.29 is 9.59 Å². The summed E-state index contributed by atoms with van der Waals surface area (Å²) in [5.41, 5.74) is 5.34. The van der Waals surface area contributed by atoms with Crippen LogP contribution >= 0.6 is 0 Å². The van der Waals surface area contributed by atoms with E-state index in [2.05, 4.69) is 10.6 Å². The van der Waals surface area contributed by atoms with Crippen LogP contribution in [0.2, 0.25) is 0 Å². The van der Waals surface area contributed by atoms with E-state index in [9.17, 15) is 9.59 Å². The third-order valence-corrected chi connectivity index (χ3v) is 2.05. The number of hydrogen-bond donors (Lipinski definition) is 3. The number of nitrogens with two attached hydrogens (primary N) is 1. The lowest BCUT2D eigenvalue weighted by molar-refractivity contribution is -0.126. The van der Waals surface area contributed by atoms with Gasteiger partial charge in [-0.3, -0.25) is 9.59 Å². The molecule has 13 heavy (non-hydrogen) atoms. The van der Waals surface area contributed by atoms with Crippen LogP contribution < -0.4 is 16.4 Å². The number of nitrogens with one attached hydrogen (secondary N) is 2. The van der Waals surface area contributed by atoms with Gasteiger partial charge in [-0.1, -0.05) is 0 Å². The Morgan fingerprint density at radius 1 is 1.85 bits per heavy atom. The summed E-state index contributed by atoms with van der Waals surface area (Å²) in [6, 6.07) is -0.397. The summed E-state index contributed by atoms with van der Waals surface area (Å²) >= 11 is 0. The molecule has 0 unspecified atom stereocenters. The lowest BCUT2D eigenvalue weighted by Crippen LogP contribution is -2.47. The van der Waals surface area contributed by atoms with Gasteiger partial charge in [0.2, 0.25) is 11.8 Å². The van der Waals surface area contributed by atoms with Crippen molar-refractivity contribution in [3.63, 3.8) is 0 Å². The van der Waals surface area contributed by atoms with E-state index in [1.165, 1.54) is 0 Å². The van der Waals surface area contributed by atoms with Crippen molar-refractivity contribution in [1.29, 1.82) is 0 Å². The van der Waals surface area contributed by atoms with Crippen LogP contribution in [0.3, 0.4) is 0 Å². The van der Waals surface area contributed by atoms with Gasteiger partial charge < -0.3 is 16.4 Å². The molecule has 2 amide bonds. The van der Waals surface area contributed by atoms with Crippen LogP contribution in [0.25, 0.3) is 0 Å². The van der Waals surface area contributed by atoms with Gasteiger partial charge in [0.05, 0.1) is 0 Å². The molecule has 1 aliphatic heterocycles. The van der Waals surface area contributed by atoms with E-state index in [-0.39, 0.29) is 23.9 Å². The Hall–Kier alpha value is -1.10. The summed E-state index contributed by atoms with van der Waals surface area (Å²) < 4.78 is 0. The summed E-state index contributed by atoms with van der Waals surface area (Å²) in [4.78, 5) is 22.2. The van der Waals surface area contributed by atoms with E-state index < -0.39 is 0 Å². The molecule has 0 saturated carbocycles. The van der Waals surface area contributed by atoms with Crippen molar-refractivity contribution in [2.45, 2.75) is 31.8 Å². The summed E-state index contributed by atoms with van der Waals surface area (Å²) in [5.74, 6) is -0.190. The lowest BCUT2D eigenvalue weighted by Gasteiger charge is -2.15. The standard InChI is InChI=1S/C8H15N3O2/c1-5(4-9)10-8(13)6-2-3-7(12)11-6/h5-6H,2-4,9H2,1H3,(H,10,13)(H,11,12)/t5-,6-/m0/s1. The Morgan fingerprint density at radius 2 is 2.54 bits per heavy atom. The molecule has 1 saturated heterocycles. The largest absolute Gasteiger partial charge is 0.351 e. The molecule has 0 radical (unpaired) electrons. The quantitative estimate of drug-likeness (QED) is 0.512. The maximum atomic E-state index is 11.4. The summed E-state index contributed by atoms with van der Waals surface area (Å²) in [5, 5.41) is 5.30. The molecular weight excluding hydrogens is 170 g/mol. The monoisotopic (exact) mass is 185 g/mol. The molecule has 1 aliphatic rings. The van der Waals surface area contributed by atoms with Crippen molar-refractivity contribution in [2.75, 3.05) is 6.54 Å². The molecular formula is C8H15N3O2. The third kappa shape index (κ3) is 2.69. The number of amides is 2. The normalized spacial score (nSPS) is 23.8. The number of carbonyl (C=O) groups is 2. The first-order valence-electron chi connectivity index (χ1n) is 4.43. The smallest absolute Gasteiger partial charge is 0.242 e. The van der Waals surface area contributed by atoms with Crippen LogP contribution in [0.5, 0.6) is 0 Å². The summed E-state index contributed by atoms with van der Waals surface area (Å²) in [6.07, 6.45) is 1.02. The second-order valence-electron chi connectivity index (χ2n) is 3.30. The van der Waals surface area contributed by atoms with Crippen LogP contribution in [0.15, 0.2) is 0 Å². The first-order chi connectivity index (χ1) is 6.13. The van der Waals surface area contributed by atoms with Crippen molar-refractivity contribution in [1.82, 2.24) is 10.6 Å². The van der Waals surface area contributed by atoms with E-state index in [1.54, 1.807) is 0 Å². The summed E-state index contributed by atoms with van der Waals surface area (Å²) in [7, 11) is 0. The minimum atomic E-state index is -0.360. The van der Waals surface area contributed by atoms with Crippen molar-refractivity contribution in [3.05, 3.63) is 0 Å². The summed E-state index contributed by atoms with van der Waals surface area (Å²) in [6.45, 7) is 2.24. The molecule has 0 aromatic carbocycles. The highest BCUT2D eigenvalue weighted by molar-refractivity contribution is 5.90. The zero-order chi connectivity index (χ0) is 9.84. The highest BCUT2D eigenvalue weighted by Gasteiger charge is 2.27. The van der Waals surface area contributed by atoms with Gasteiger partial charge in [0.1, 0.15) is 6.04 Å². The van der Waals surface area contributed by atoms with E-state index in [0.29, 0.717) is 19.4 Å². The highest BCUT2D eigenvalue weighted by Crippen LogP contribution is 2.06. The van der Waals surface area contributed by atoms with Crippen LogP contribution in [0.4, 0.5) is 0 Å². The van der Waals surface area contributed by atoms with Crippen LogP contribution in [0, 0.1) is 0 Å². The Kier molecular flexibility index (Phi) is 3.25. The molecule has 0 aromatic rings. The molecule has 1 heterocycles. The van der Waals surface area contributed by atoms with Gasteiger partial charge in [0.25, 0.3) is 0 Å². The maximum Gasteiger partial charge on any atom is 0.242 e. The SMILES string of the molecule is C[C@@H](CN)NC(=O)[C@@H]1CCC(=O)N1. The van der Waals surface area contributed by atoms with Gasteiger partial charge in [-0.15, -0.1) is 0 Å². The molecule has 0 spiro atoms. The number of hydrogen-bond acceptors (Lipinski definition) is 3. The lowest BCUT2D eigenvalue weighted by atomic mass is 10.2. The topological polar surface area (TPSA) is 84.2 Å². The Morgan fingerprint density at radius 3 is 3.00 bits per heavy atom. The van der Waals surface area contributed by atoms with E-state index in [0.717, 1.165) is 0 Å². The average Bonchev–Trinajstić information content (AvgIpc) is 2.51. The second kappa shape index (κ2) is 4.23. The molecule has 0 aromatic heterocycles. The van der Waals surface area contributed by atoms with Crippen molar-refractivity contribution in [3.8, 4) is 0 Å². The fourth-order valence-corrected chi connectivity index (χ4v) is 1.21. The fraction of sp³-hybridized carbons (Fsp3) is 0.750. The molecule has 5 heteroatoms. The number of carbonyl (C=O) groups excluding carboxylic acids is 2. The highest BCUT2D eigenvalue weighted by atomic mass is 16.2. The van der Waals surface area contributed by atoms with Crippen LogP contribution in [0.1, 0.15) is 19.8 Å². The predicted octanol–water partition coefficient (Wildman–Crippen LogP) is -1.27. The van der Waals surface area contributed by atoms with Gasteiger partial charge in [-0.05, 0) is 13.3 Å². The molecule has 74 valence electrons. The fourth-order valence-electron chi connectivity index (χ4n) is 1.21. The number of rotatable bonds is 3. The molecule has 5 nitrogen and oxygen atoms in total. The van der Waals surface area contributed by atoms with Gasteiger partial charge >= 0.3 is 0 Å². The second-order valence-corrected chi connectivity index (χ2v) is 3.30. The zero-order valence-electron chi connectivity index (χ0n) is 7.67. The molecule has 4 N–H and O–H groups in total. The Labute approximate surface area is 77.1 Å². The van der Waals surface area contributed by atoms with Gasteiger partial charge in [0.15, 0.2) is 0 Å². The van der Waals surface area contributed by atoms with Crippen LogP contribution in [-0.4, -0.2) is 30.4 Å². The van der Waals surface area contributed by atoms with E-state index in [4.69, 9.17) is 5.73 Å². The maximum absolute atomic E-state index is 11.4. The molecule has 2 atom stereocenters. The van der Waals surface area contributed by atoms with Gasteiger partial charge in [-0.2, -0.15) is 0 Å². The molecule has 1 rings (SSSR count).